The molecular weight excluding hydrogens is 366 g/mol. The lowest BCUT2D eigenvalue weighted by atomic mass is 9.87. The summed E-state index contributed by atoms with van der Waals surface area (Å²) in [5.74, 6) is -4.63. The van der Waals surface area contributed by atoms with Crippen molar-refractivity contribution >= 4 is 29.8 Å². The molecule has 1 heterocycles. The lowest BCUT2D eigenvalue weighted by Gasteiger charge is -2.44. The van der Waals surface area contributed by atoms with Gasteiger partial charge in [0.15, 0.2) is 12.2 Å². The third kappa shape index (κ3) is 7.21. The maximum atomic E-state index is 11.6. The quantitative estimate of drug-likeness (QED) is 0.431. The van der Waals surface area contributed by atoms with Crippen molar-refractivity contribution in [3.63, 3.8) is 0 Å². The van der Waals surface area contributed by atoms with Gasteiger partial charge in [0.25, 0.3) is 0 Å². The smallest absolute Gasteiger partial charge is 0.304 e. The first-order chi connectivity index (χ1) is 12.5. The Morgan fingerprint density at radius 1 is 0.815 bits per heavy atom. The molecule has 27 heavy (non-hydrogen) atoms. The second-order valence-electron chi connectivity index (χ2n) is 5.94. The van der Waals surface area contributed by atoms with Gasteiger partial charge in [0.2, 0.25) is 12.2 Å². The second kappa shape index (κ2) is 9.86. The monoisotopic (exact) mass is 389 g/mol. The molecule has 2 N–H and O–H groups in total. The zero-order chi connectivity index (χ0) is 20.7. The maximum Gasteiger partial charge on any atom is 0.304 e. The Labute approximate surface area is 155 Å². The molecule has 11 heteroatoms. The third-order valence-corrected chi connectivity index (χ3v) is 3.54. The van der Waals surface area contributed by atoms with Gasteiger partial charge in [0.05, 0.1) is 5.92 Å². The molecule has 1 saturated heterocycles. The molecule has 1 aliphatic rings. The molecule has 0 bridgehead atoms. The molecule has 0 aromatic heterocycles. The summed E-state index contributed by atoms with van der Waals surface area (Å²) in [7, 11) is 0. The fraction of sp³-hybridized carbons (Fsp3) is 0.688. The Morgan fingerprint density at radius 2 is 1.33 bits per heavy atom. The first kappa shape index (κ1) is 22.4. The molecule has 1 fully saturated rings. The molecule has 0 aliphatic carbocycles. The molecule has 1 aliphatic heterocycles. The van der Waals surface area contributed by atoms with E-state index in [9.17, 15) is 24.0 Å². The lowest BCUT2D eigenvalue weighted by Crippen LogP contribution is -2.60. The van der Waals surface area contributed by atoms with Crippen LogP contribution in [-0.4, -0.2) is 61.0 Å². The molecule has 5 atom stereocenters. The first-order valence-corrected chi connectivity index (χ1v) is 8.10. The van der Waals surface area contributed by atoms with E-state index in [-0.39, 0.29) is 13.0 Å². The summed E-state index contributed by atoms with van der Waals surface area (Å²) in [4.78, 5) is 57.1. The molecule has 0 saturated carbocycles. The molecule has 0 spiro atoms. The normalized spacial score (nSPS) is 27.2. The van der Waals surface area contributed by atoms with Crippen molar-refractivity contribution in [3.8, 4) is 0 Å². The topological polar surface area (TPSA) is 158 Å². The van der Waals surface area contributed by atoms with Gasteiger partial charge in [0.1, 0.15) is 12.7 Å². The molecule has 11 nitrogen and oxygen atoms in total. The molecule has 1 amide bonds. The van der Waals surface area contributed by atoms with E-state index in [1.165, 1.54) is 0 Å². The van der Waals surface area contributed by atoms with Crippen LogP contribution in [0.4, 0.5) is 0 Å². The van der Waals surface area contributed by atoms with Crippen molar-refractivity contribution in [1.29, 1.82) is 0 Å². The van der Waals surface area contributed by atoms with E-state index in [1.807, 2.05) is 0 Å². The number of hydrogen-bond acceptors (Lipinski definition) is 10. The van der Waals surface area contributed by atoms with Gasteiger partial charge in [-0.25, -0.2) is 0 Å². The summed E-state index contributed by atoms with van der Waals surface area (Å²) in [5, 5.41) is 0. The first-order valence-electron chi connectivity index (χ1n) is 8.10. The summed E-state index contributed by atoms with van der Waals surface area (Å²) < 4.78 is 26.0. The minimum Gasteiger partial charge on any atom is -0.463 e. The Morgan fingerprint density at radius 3 is 1.78 bits per heavy atom. The van der Waals surface area contributed by atoms with E-state index < -0.39 is 60.3 Å². The highest BCUT2D eigenvalue weighted by atomic mass is 16.7. The van der Waals surface area contributed by atoms with Gasteiger partial charge in [-0.05, 0) is 0 Å². The van der Waals surface area contributed by atoms with Crippen LogP contribution in [-0.2, 0) is 47.7 Å². The number of nitrogens with two attached hydrogens (primary N) is 1. The molecule has 0 radical (unpaired) electrons. The van der Waals surface area contributed by atoms with Crippen molar-refractivity contribution in [2.75, 3.05) is 6.61 Å². The highest BCUT2D eigenvalue weighted by Gasteiger charge is 2.51. The summed E-state index contributed by atoms with van der Waals surface area (Å²) in [6, 6.07) is 0. The number of amides is 1. The molecule has 1 unspecified atom stereocenters. The second-order valence-corrected chi connectivity index (χ2v) is 5.94. The summed E-state index contributed by atoms with van der Waals surface area (Å²) in [6.45, 7) is 4.14. The van der Waals surface area contributed by atoms with E-state index in [0.717, 1.165) is 27.7 Å². The average Bonchev–Trinajstić information content (AvgIpc) is 2.49. The van der Waals surface area contributed by atoms with E-state index >= 15 is 0 Å². The van der Waals surface area contributed by atoms with Crippen molar-refractivity contribution in [1.82, 2.24) is 0 Å². The Kier molecular flexibility index (Phi) is 8.16. The van der Waals surface area contributed by atoms with Crippen LogP contribution in [0.1, 0.15) is 34.1 Å². The molecule has 1 rings (SSSR count). The number of carbonyl (C=O) groups is 5. The lowest BCUT2D eigenvalue weighted by molar-refractivity contribution is -0.283. The molecule has 152 valence electrons. The molecule has 0 aromatic carbocycles. The van der Waals surface area contributed by atoms with Crippen LogP contribution in [0.5, 0.6) is 0 Å². The Balaban J connectivity index is 3.29. The third-order valence-electron chi connectivity index (χ3n) is 3.54. The molecular formula is C16H23NO10. The summed E-state index contributed by atoms with van der Waals surface area (Å²) >= 11 is 0. The van der Waals surface area contributed by atoms with Gasteiger partial charge in [-0.15, -0.1) is 0 Å². The van der Waals surface area contributed by atoms with E-state index in [2.05, 4.69) is 0 Å². The Bertz CT molecular complexity index is 604. The predicted molar refractivity (Wildman–Crippen MR) is 85.5 cm³/mol. The minimum absolute atomic E-state index is 0.369. The summed E-state index contributed by atoms with van der Waals surface area (Å²) in [5.41, 5.74) is 5.24. The average molecular weight is 389 g/mol. The standard InChI is InChI=1S/C16H23NO10/c1-7(18)23-6-12-15(25-9(3)20)14(24-8(2)19)11(5-13(17)22)16(27-12)26-10(4)21/h11-12,14-16H,5-6H2,1-4H3,(H2,17,22)/t11-,12-,14-,15+,16?/m1/s1. The van der Waals surface area contributed by atoms with Crippen LogP contribution in [0, 0.1) is 5.92 Å². The van der Waals surface area contributed by atoms with Crippen molar-refractivity contribution < 1.29 is 47.7 Å². The fourth-order valence-electron chi connectivity index (χ4n) is 2.70. The van der Waals surface area contributed by atoms with Gasteiger partial charge in [0, 0.05) is 34.1 Å². The number of ether oxygens (including phenoxy) is 5. The van der Waals surface area contributed by atoms with E-state index in [0.29, 0.717) is 0 Å². The zero-order valence-electron chi connectivity index (χ0n) is 15.5. The minimum atomic E-state index is -1.34. The number of esters is 4. The van der Waals surface area contributed by atoms with Gasteiger partial charge in [-0.2, -0.15) is 0 Å². The number of rotatable bonds is 7. The SMILES string of the molecule is CC(=O)OC[C@H]1OC(OC(C)=O)[C@H](CC(N)=O)[C@@H](OC(C)=O)[C@H]1OC(C)=O. The Hall–Kier alpha value is -2.69. The van der Waals surface area contributed by atoms with Crippen LogP contribution >= 0.6 is 0 Å². The van der Waals surface area contributed by atoms with Crippen LogP contribution in [0.2, 0.25) is 0 Å². The van der Waals surface area contributed by atoms with Gasteiger partial charge >= 0.3 is 23.9 Å². The number of hydrogen-bond donors (Lipinski definition) is 1. The summed E-state index contributed by atoms with van der Waals surface area (Å²) in [6.07, 6.45) is -5.28. The maximum absolute atomic E-state index is 11.6. The van der Waals surface area contributed by atoms with Crippen LogP contribution in [0.25, 0.3) is 0 Å². The van der Waals surface area contributed by atoms with Gasteiger partial charge < -0.3 is 29.4 Å². The van der Waals surface area contributed by atoms with Crippen molar-refractivity contribution in [2.24, 2.45) is 11.7 Å². The van der Waals surface area contributed by atoms with Crippen LogP contribution in [0.15, 0.2) is 0 Å². The van der Waals surface area contributed by atoms with Crippen molar-refractivity contribution in [3.05, 3.63) is 0 Å². The highest BCUT2D eigenvalue weighted by molar-refractivity contribution is 5.74. The number of primary amides is 1. The molecule has 0 aromatic rings. The highest BCUT2D eigenvalue weighted by Crippen LogP contribution is 2.34. The van der Waals surface area contributed by atoms with Gasteiger partial charge in [-0.3, -0.25) is 24.0 Å². The largest absolute Gasteiger partial charge is 0.463 e. The number of carbonyl (C=O) groups excluding carboxylic acids is 5. The predicted octanol–water partition coefficient (Wildman–Crippen LogP) is -0.807. The van der Waals surface area contributed by atoms with Gasteiger partial charge in [-0.1, -0.05) is 0 Å². The van der Waals surface area contributed by atoms with Crippen LogP contribution in [0.3, 0.4) is 0 Å². The van der Waals surface area contributed by atoms with E-state index in [1.54, 1.807) is 0 Å². The van der Waals surface area contributed by atoms with Crippen molar-refractivity contribution in [2.45, 2.75) is 58.7 Å². The van der Waals surface area contributed by atoms with Crippen LogP contribution < -0.4 is 5.73 Å². The van der Waals surface area contributed by atoms with E-state index in [4.69, 9.17) is 29.4 Å². The fourth-order valence-corrected chi connectivity index (χ4v) is 2.70. The zero-order valence-corrected chi connectivity index (χ0v) is 15.5.